The molecule has 0 radical (unpaired) electrons. The Kier molecular flexibility index (Phi) is 8.05. The summed E-state index contributed by atoms with van der Waals surface area (Å²) >= 11 is 3.32. The van der Waals surface area contributed by atoms with Gasteiger partial charge < -0.3 is 4.74 Å². The zero-order valence-electron chi connectivity index (χ0n) is 20.2. The van der Waals surface area contributed by atoms with Crippen LogP contribution in [0.3, 0.4) is 0 Å². The molecule has 13 heteroatoms. The zero-order valence-corrected chi connectivity index (χ0v) is 21.8. The van der Waals surface area contributed by atoms with Gasteiger partial charge in [-0.3, -0.25) is 14.1 Å². The first-order valence-corrected chi connectivity index (χ1v) is 12.8. The summed E-state index contributed by atoms with van der Waals surface area (Å²) in [5.41, 5.74) is 1.52. The minimum absolute atomic E-state index is 0.0790. The molecule has 1 N–H and O–H groups in total. The average Bonchev–Trinajstić information content (AvgIpc) is 3.21. The molecule has 0 bridgehead atoms. The molecule has 200 valence electrons. The lowest BCUT2D eigenvalue weighted by molar-refractivity contribution is -0.137. The molecule has 0 aliphatic carbocycles. The molecule has 0 saturated carbocycles. The highest BCUT2D eigenvalue weighted by Crippen LogP contribution is 2.38. The van der Waals surface area contributed by atoms with Gasteiger partial charge in [-0.05, 0) is 49.2 Å². The summed E-state index contributed by atoms with van der Waals surface area (Å²) in [7, 11) is 0. The number of pyridine rings is 1. The lowest BCUT2D eigenvalue weighted by Gasteiger charge is -2.19. The number of rotatable bonds is 7. The van der Waals surface area contributed by atoms with E-state index in [9.17, 15) is 26.7 Å². The van der Waals surface area contributed by atoms with Crippen molar-refractivity contribution in [2.24, 2.45) is 0 Å². The van der Waals surface area contributed by atoms with E-state index in [0.717, 1.165) is 11.6 Å². The third-order valence-corrected chi connectivity index (χ3v) is 6.78. The van der Waals surface area contributed by atoms with Crippen LogP contribution in [0.5, 0.6) is 5.75 Å². The molecular weight excluding hydrogens is 545 g/mol. The van der Waals surface area contributed by atoms with E-state index in [0.29, 0.717) is 33.3 Å². The number of amides is 1. The second-order valence-electron chi connectivity index (χ2n) is 8.30. The molecule has 2 heterocycles. The molecule has 1 atom stereocenters. The Balaban J connectivity index is 1.67. The third kappa shape index (κ3) is 5.82. The van der Waals surface area contributed by atoms with Crippen molar-refractivity contribution < 1.29 is 31.5 Å². The van der Waals surface area contributed by atoms with Crippen LogP contribution >= 0.6 is 11.6 Å². The summed E-state index contributed by atoms with van der Waals surface area (Å²) < 4.78 is 69.4. The second-order valence-corrected chi connectivity index (χ2v) is 9.61. The Hall–Kier alpha value is -3.48. The number of hydrogen-bond acceptors (Lipinski definition) is 5. The Morgan fingerprint density at radius 3 is 2.55 bits per heavy atom. The van der Waals surface area contributed by atoms with Gasteiger partial charge in [-0.2, -0.15) is 13.2 Å². The number of hydrogen-bond donors (Lipinski definition) is 1. The van der Waals surface area contributed by atoms with E-state index in [4.69, 9.17) is 16.3 Å². The molecule has 4 rings (SSSR count). The number of halogens is 4. The molecule has 2 aromatic carbocycles. The van der Waals surface area contributed by atoms with E-state index in [2.05, 4.69) is 9.97 Å². The van der Waals surface area contributed by atoms with Crippen molar-refractivity contribution in [1.29, 1.82) is 0 Å². The zero-order chi connectivity index (χ0) is 27.6. The predicted molar refractivity (Wildman–Crippen MR) is 137 cm³/mol. The summed E-state index contributed by atoms with van der Waals surface area (Å²) in [5.74, 6) is 0.690. The fraction of sp³-hybridized carbons (Fsp3) is 0.240. The molecule has 2 aromatic heterocycles. The monoisotopic (exact) mass is 566 g/mol. The van der Waals surface area contributed by atoms with Crippen LogP contribution in [0.2, 0.25) is 5.02 Å². The molecule has 0 aliphatic heterocycles. The highest BCUT2D eigenvalue weighted by Gasteiger charge is 2.34. The maximum Gasteiger partial charge on any atom is 0.428 e. The molecule has 8 nitrogen and oxygen atoms in total. The van der Waals surface area contributed by atoms with Crippen LogP contribution in [-0.4, -0.2) is 40.2 Å². The van der Waals surface area contributed by atoms with Gasteiger partial charge >= 0.3 is 12.3 Å². The van der Waals surface area contributed by atoms with E-state index in [1.54, 1.807) is 34.9 Å². The molecule has 1 amide bonds. The Morgan fingerprint density at radius 2 is 1.92 bits per heavy atom. The van der Waals surface area contributed by atoms with E-state index < -0.39 is 34.1 Å². The largest absolute Gasteiger partial charge is 0.428 e. The van der Waals surface area contributed by atoms with Gasteiger partial charge in [0.05, 0.1) is 27.3 Å². The number of carbonyl (C=O) groups excluding carboxylic acids is 1. The van der Waals surface area contributed by atoms with Crippen LogP contribution < -0.4 is 4.74 Å². The van der Waals surface area contributed by atoms with Crippen LogP contribution in [0.4, 0.5) is 18.0 Å². The second kappa shape index (κ2) is 11.1. The molecule has 0 aliphatic rings. The van der Waals surface area contributed by atoms with Gasteiger partial charge in [0.15, 0.2) is 0 Å². The van der Waals surface area contributed by atoms with Gasteiger partial charge in [0.2, 0.25) is 0 Å². The highest BCUT2D eigenvalue weighted by atomic mass is 35.5. The summed E-state index contributed by atoms with van der Waals surface area (Å²) in [6.45, 7) is 3.46. The van der Waals surface area contributed by atoms with Gasteiger partial charge in [0, 0.05) is 25.4 Å². The number of aromatic nitrogens is 3. The number of nitrogens with zero attached hydrogens (tertiary/aromatic N) is 4. The van der Waals surface area contributed by atoms with Crippen molar-refractivity contribution in [3.63, 3.8) is 0 Å². The van der Waals surface area contributed by atoms with Crippen molar-refractivity contribution >= 4 is 40.0 Å². The predicted octanol–water partition coefficient (Wildman–Crippen LogP) is 6.14. The molecule has 0 saturated heterocycles. The summed E-state index contributed by atoms with van der Waals surface area (Å²) in [6.07, 6.45) is -2.17. The van der Waals surface area contributed by atoms with Crippen molar-refractivity contribution in [2.45, 2.75) is 32.9 Å². The number of carbonyl (C=O) groups is 1. The van der Waals surface area contributed by atoms with E-state index in [1.807, 2.05) is 13.8 Å². The molecule has 4 aromatic rings. The fourth-order valence-electron chi connectivity index (χ4n) is 3.92. The minimum atomic E-state index is -4.64. The standard InChI is InChI=1S/C25H22ClF3N4O4S/c1-3-23-31-20-12-18(25(27,28)29)19(26)13-22(20)33(23)21-8-10-30-14-16(21)9-11-32(38(35)36)24(34)37-17-6-4-15(2)5-7-17/h4-8,10,12-14H,3,9,11H2,1-2H3,(H,35,36). The van der Waals surface area contributed by atoms with Crippen molar-refractivity contribution in [2.75, 3.05) is 6.54 Å². The van der Waals surface area contributed by atoms with Crippen LogP contribution in [0.25, 0.3) is 16.7 Å². The number of fused-ring (bicyclic) bond motifs is 1. The van der Waals surface area contributed by atoms with Crippen LogP contribution in [0, 0.1) is 6.92 Å². The number of alkyl halides is 3. The first-order valence-electron chi connectivity index (χ1n) is 11.4. The van der Waals surface area contributed by atoms with Crippen LogP contribution in [0.15, 0.2) is 54.9 Å². The smallest absolute Gasteiger partial charge is 0.410 e. The molecule has 0 fully saturated rings. The van der Waals surface area contributed by atoms with Gasteiger partial charge in [0.1, 0.15) is 11.6 Å². The van der Waals surface area contributed by atoms with Crippen LogP contribution in [-0.2, 0) is 30.3 Å². The van der Waals surface area contributed by atoms with Gasteiger partial charge in [-0.15, -0.1) is 0 Å². The van der Waals surface area contributed by atoms with Crippen molar-refractivity contribution in [3.05, 3.63) is 82.4 Å². The van der Waals surface area contributed by atoms with Crippen molar-refractivity contribution in [3.8, 4) is 11.4 Å². The first kappa shape index (κ1) is 27.6. The van der Waals surface area contributed by atoms with Gasteiger partial charge in [-0.1, -0.05) is 36.2 Å². The summed E-state index contributed by atoms with van der Waals surface area (Å²) in [4.78, 5) is 21.1. The van der Waals surface area contributed by atoms with Gasteiger partial charge in [-0.25, -0.2) is 18.3 Å². The van der Waals surface area contributed by atoms with E-state index >= 15 is 0 Å². The Bertz CT molecular complexity index is 1510. The quantitative estimate of drug-likeness (QED) is 0.270. The topological polar surface area (TPSA) is 97.5 Å². The lowest BCUT2D eigenvalue weighted by atomic mass is 10.1. The lowest BCUT2D eigenvalue weighted by Crippen LogP contribution is -2.36. The fourth-order valence-corrected chi connectivity index (χ4v) is 4.59. The van der Waals surface area contributed by atoms with Crippen LogP contribution in [0.1, 0.15) is 29.4 Å². The maximum atomic E-state index is 13.4. The summed E-state index contributed by atoms with van der Waals surface area (Å²) in [5, 5.41) is -0.467. The number of benzene rings is 2. The molecular formula is C25H22ClF3N4O4S. The number of aryl methyl sites for hydroxylation is 2. The SMILES string of the molecule is CCc1nc2cc(C(F)(F)F)c(Cl)cc2n1-c1ccncc1CCN(C(=O)Oc1ccc(C)cc1)S(=O)O. The normalized spacial score (nSPS) is 12.5. The minimum Gasteiger partial charge on any atom is -0.410 e. The third-order valence-electron chi connectivity index (χ3n) is 5.76. The van der Waals surface area contributed by atoms with E-state index in [1.165, 1.54) is 18.5 Å². The average molecular weight is 567 g/mol. The maximum absolute atomic E-state index is 13.4. The van der Waals surface area contributed by atoms with E-state index in [-0.39, 0.29) is 24.2 Å². The Labute approximate surface area is 223 Å². The van der Waals surface area contributed by atoms with Crippen molar-refractivity contribution in [1.82, 2.24) is 18.8 Å². The molecule has 38 heavy (non-hydrogen) atoms. The molecule has 0 spiro atoms. The Morgan fingerprint density at radius 1 is 1.21 bits per heavy atom. The first-order chi connectivity index (χ1) is 18.0. The number of ether oxygens (including phenoxy) is 1. The van der Waals surface area contributed by atoms with Gasteiger partial charge in [0.25, 0.3) is 11.3 Å². The molecule has 1 unspecified atom stereocenters. The number of imidazole rings is 1. The highest BCUT2D eigenvalue weighted by molar-refractivity contribution is 7.77. The summed E-state index contributed by atoms with van der Waals surface area (Å²) in [6, 6.07) is 10.4.